The minimum Gasteiger partial charge on any atom is -0.445 e. The fourth-order valence-electron chi connectivity index (χ4n) is 2.37. The molecule has 0 aromatic carbocycles. The summed E-state index contributed by atoms with van der Waals surface area (Å²) in [6.45, 7) is 11.2. The van der Waals surface area contributed by atoms with E-state index in [1.165, 1.54) is 0 Å². The first-order valence-corrected chi connectivity index (χ1v) is 5.61. The van der Waals surface area contributed by atoms with Gasteiger partial charge in [0, 0.05) is 25.2 Å². The van der Waals surface area contributed by atoms with E-state index in [1.54, 1.807) is 0 Å². The fourth-order valence-corrected chi connectivity index (χ4v) is 2.37. The van der Waals surface area contributed by atoms with Gasteiger partial charge in [-0.15, -0.1) is 0 Å². The molecular formula is C11H20N2O2. The van der Waals surface area contributed by atoms with Crippen molar-refractivity contribution in [1.29, 1.82) is 0 Å². The van der Waals surface area contributed by atoms with Gasteiger partial charge in [0.15, 0.2) is 6.23 Å². The topological polar surface area (TPSA) is 32.8 Å². The summed E-state index contributed by atoms with van der Waals surface area (Å²) in [4.78, 5) is 16.1. The standard InChI is InChI=1S/C11H20N2O2/c1-8-13-6-5-12(11(2,3)4)7-9(13)10(14)15-8/h8-9H,5-7H2,1-4H3/t8?,9-/m1/s1. The lowest BCUT2D eigenvalue weighted by atomic mass is 10.0. The normalized spacial score (nSPS) is 34.0. The van der Waals surface area contributed by atoms with Crippen molar-refractivity contribution < 1.29 is 9.53 Å². The van der Waals surface area contributed by atoms with Crippen molar-refractivity contribution in [1.82, 2.24) is 9.80 Å². The van der Waals surface area contributed by atoms with Crippen LogP contribution in [0.15, 0.2) is 0 Å². The van der Waals surface area contributed by atoms with E-state index in [0.717, 1.165) is 19.6 Å². The van der Waals surface area contributed by atoms with Crippen LogP contribution in [0.5, 0.6) is 0 Å². The Morgan fingerprint density at radius 3 is 2.60 bits per heavy atom. The lowest BCUT2D eigenvalue weighted by Crippen LogP contribution is -2.58. The highest BCUT2D eigenvalue weighted by atomic mass is 16.6. The Morgan fingerprint density at radius 2 is 2.00 bits per heavy atom. The van der Waals surface area contributed by atoms with E-state index < -0.39 is 0 Å². The zero-order valence-electron chi connectivity index (χ0n) is 9.99. The van der Waals surface area contributed by atoms with Crippen LogP contribution in [-0.4, -0.2) is 53.2 Å². The van der Waals surface area contributed by atoms with Gasteiger partial charge in [-0.1, -0.05) is 0 Å². The van der Waals surface area contributed by atoms with Crippen molar-refractivity contribution in [2.24, 2.45) is 0 Å². The largest absolute Gasteiger partial charge is 0.445 e. The Bertz CT molecular complexity index is 272. The Labute approximate surface area is 91.2 Å². The van der Waals surface area contributed by atoms with Crippen LogP contribution in [0.4, 0.5) is 0 Å². The highest BCUT2D eigenvalue weighted by molar-refractivity contribution is 5.78. The molecule has 4 heteroatoms. The van der Waals surface area contributed by atoms with Gasteiger partial charge in [-0.25, -0.2) is 0 Å². The molecule has 2 heterocycles. The Hall–Kier alpha value is -0.610. The zero-order valence-corrected chi connectivity index (χ0v) is 9.99. The zero-order chi connectivity index (χ0) is 11.2. The third kappa shape index (κ3) is 1.88. The first kappa shape index (κ1) is 10.9. The number of esters is 1. The fraction of sp³-hybridized carbons (Fsp3) is 0.909. The van der Waals surface area contributed by atoms with Crippen molar-refractivity contribution in [2.45, 2.75) is 45.5 Å². The maximum Gasteiger partial charge on any atom is 0.326 e. The van der Waals surface area contributed by atoms with Crippen molar-refractivity contribution in [3.05, 3.63) is 0 Å². The molecule has 1 unspecified atom stereocenters. The highest BCUT2D eigenvalue weighted by Crippen LogP contribution is 2.26. The molecule has 0 aliphatic carbocycles. The molecule has 2 atom stereocenters. The number of carbonyl (C=O) groups is 1. The number of cyclic esters (lactones) is 1. The number of hydrogen-bond acceptors (Lipinski definition) is 4. The molecule has 0 amide bonds. The molecule has 86 valence electrons. The molecule has 15 heavy (non-hydrogen) atoms. The molecule has 0 aromatic rings. The third-order valence-corrected chi connectivity index (χ3v) is 3.40. The molecule has 2 aliphatic heterocycles. The van der Waals surface area contributed by atoms with Gasteiger partial charge in [-0.2, -0.15) is 0 Å². The number of piperazine rings is 1. The SMILES string of the molecule is CC1OC(=O)[C@H]2CN(C(C)(C)C)CCN12. The van der Waals surface area contributed by atoms with Gasteiger partial charge in [0.25, 0.3) is 0 Å². The Morgan fingerprint density at radius 1 is 1.33 bits per heavy atom. The van der Waals surface area contributed by atoms with E-state index >= 15 is 0 Å². The third-order valence-electron chi connectivity index (χ3n) is 3.40. The lowest BCUT2D eigenvalue weighted by molar-refractivity contribution is -0.142. The molecule has 2 aliphatic rings. The molecule has 2 fully saturated rings. The number of rotatable bonds is 0. The van der Waals surface area contributed by atoms with E-state index in [1.807, 2.05) is 6.92 Å². The van der Waals surface area contributed by atoms with Crippen LogP contribution in [0.1, 0.15) is 27.7 Å². The van der Waals surface area contributed by atoms with E-state index in [4.69, 9.17) is 4.74 Å². The summed E-state index contributed by atoms with van der Waals surface area (Å²) < 4.78 is 5.23. The monoisotopic (exact) mass is 212 g/mol. The summed E-state index contributed by atoms with van der Waals surface area (Å²) in [5.41, 5.74) is 0.137. The van der Waals surface area contributed by atoms with Crippen LogP contribution in [0.3, 0.4) is 0 Å². The van der Waals surface area contributed by atoms with Gasteiger partial charge in [-0.05, 0) is 27.7 Å². The maximum absolute atomic E-state index is 11.6. The lowest BCUT2D eigenvalue weighted by Gasteiger charge is -2.43. The molecule has 0 spiro atoms. The average molecular weight is 212 g/mol. The summed E-state index contributed by atoms with van der Waals surface area (Å²) in [5.74, 6) is -0.0588. The summed E-state index contributed by atoms with van der Waals surface area (Å²) in [6.07, 6.45) is -0.0374. The first-order valence-electron chi connectivity index (χ1n) is 5.61. The number of hydrogen-bond donors (Lipinski definition) is 0. The molecule has 0 bridgehead atoms. The van der Waals surface area contributed by atoms with Crippen molar-refractivity contribution >= 4 is 5.97 Å². The Kier molecular flexibility index (Phi) is 2.51. The minimum absolute atomic E-state index is 0.0374. The number of nitrogens with zero attached hydrogens (tertiary/aromatic N) is 2. The van der Waals surface area contributed by atoms with Gasteiger partial charge in [0.2, 0.25) is 0 Å². The summed E-state index contributed by atoms with van der Waals surface area (Å²) >= 11 is 0. The second-order valence-electron chi connectivity index (χ2n) is 5.41. The van der Waals surface area contributed by atoms with Crippen LogP contribution >= 0.6 is 0 Å². The summed E-state index contributed by atoms with van der Waals surface area (Å²) in [5, 5.41) is 0. The molecule has 2 rings (SSSR count). The predicted octanol–water partition coefficient (Wildman–Crippen LogP) is 0.674. The maximum atomic E-state index is 11.6. The van der Waals surface area contributed by atoms with E-state index in [0.29, 0.717) is 0 Å². The van der Waals surface area contributed by atoms with E-state index in [-0.39, 0.29) is 23.8 Å². The molecule has 2 saturated heterocycles. The van der Waals surface area contributed by atoms with Crippen LogP contribution in [0.25, 0.3) is 0 Å². The van der Waals surface area contributed by atoms with Crippen LogP contribution in [0, 0.1) is 0 Å². The van der Waals surface area contributed by atoms with Crippen LogP contribution < -0.4 is 0 Å². The highest BCUT2D eigenvalue weighted by Gasteiger charge is 2.44. The summed E-state index contributed by atoms with van der Waals surface area (Å²) in [7, 11) is 0. The predicted molar refractivity (Wildman–Crippen MR) is 57.4 cm³/mol. The number of ether oxygens (including phenoxy) is 1. The van der Waals surface area contributed by atoms with Gasteiger partial charge in [-0.3, -0.25) is 14.6 Å². The molecule has 0 N–H and O–H groups in total. The molecule has 4 nitrogen and oxygen atoms in total. The van der Waals surface area contributed by atoms with Gasteiger partial charge in [0.05, 0.1) is 0 Å². The van der Waals surface area contributed by atoms with Crippen LogP contribution in [-0.2, 0) is 9.53 Å². The quantitative estimate of drug-likeness (QED) is 0.553. The summed E-state index contributed by atoms with van der Waals surface area (Å²) in [6, 6.07) is -0.0482. The molecular weight excluding hydrogens is 192 g/mol. The Balaban J connectivity index is 2.09. The smallest absolute Gasteiger partial charge is 0.326 e. The average Bonchev–Trinajstić information content (AvgIpc) is 2.41. The van der Waals surface area contributed by atoms with E-state index in [2.05, 4.69) is 30.6 Å². The second-order valence-corrected chi connectivity index (χ2v) is 5.41. The van der Waals surface area contributed by atoms with Crippen LogP contribution in [0.2, 0.25) is 0 Å². The minimum atomic E-state index is -0.0588. The number of fused-ring (bicyclic) bond motifs is 1. The second kappa shape index (κ2) is 3.46. The van der Waals surface area contributed by atoms with Gasteiger partial charge in [0.1, 0.15) is 6.04 Å². The number of carbonyl (C=O) groups excluding carboxylic acids is 1. The van der Waals surface area contributed by atoms with Gasteiger partial charge < -0.3 is 4.74 Å². The van der Waals surface area contributed by atoms with Crippen molar-refractivity contribution in [3.63, 3.8) is 0 Å². The molecule has 0 aromatic heterocycles. The molecule has 0 radical (unpaired) electrons. The van der Waals surface area contributed by atoms with Crippen molar-refractivity contribution in [2.75, 3.05) is 19.6 Å². The van der Waals surface area contributed by atoms with Gasteiger partial charge >= 0.3 is 5.97 Å². The van der Waals surface area contributed by atoms with Crippen molar-refractivity contribution in [3.8, 4) is 0 Å². The van der Waals surface area contributed by atoms with E-state index in [9.17, 15) is 4.79 Å². The first-order chi connectivity index (χ1) is 6.89. The molecule has 0 saturated carbocycles.